The number of hydrogen-bond acceptors (Lipinski definition) is 4. The van der Waals surface area contributed by atoms with E-state index in [9.17, 15) is 19.7 Å². The first-order valence-corrected chi connectivity index (χ1v) is 4.30. The lowest BCUT2D eigenvalue weighted by molar-refractivity contribution is -0.546. The molecule has 70 valence electrons. The predicted octanol–water partition coefficient (Wildman–Crippen LogP) is -0.0297. The van der Waals surface area contributed by atoms with Gasteiger partial charge >= 0.3 is 5.69 Å². The summed E-state index contributed by atoms with van der Waals surface area (Å²) in [5, 5.41) is 9.31. The first-order chi connectivity index (χ1) is 5.95. The molecule has 0 bridgehead atoms. The molecule has 0 saturated carbocycles. The topological polar surface area (TPSA) is 87.1 Å². The Bertz CT molecular complexity index is 475. The highest BCUT2D eigenvalue weighted by molar-refractivity contribution is 9.10. The second-order valence-corrected chi connectivity index (χ2v) is 3.49. The molecule has 1 heterocycles. The van der Waals surface area contributed by atoms with Crippen LogP contribution in [0.3, 0.4) is 0 Å². The van der Waals surface area contributed by atoms with Crippen molar-refractivity contribution >= 4 is 32.1 Å². The van der Waals surface area contributed by atoms with E-state index in [0.29, 0.717) is 3.59 Å². The van der Waals surface area contributed by atoms with Crippen LogP contribution in [0.5, 0.6) is 0 Å². The highest BCUT2D eigenvalue weighted by atomic mass is 79.9. The normalized spacial score (nSPS) is 10.0. The van der Waals surface area contributed by atoms with Crippen LogP contribution in [0.25, 0.3) is 0 Å². The Morgan fingerprint density at radius 2 is 2.00 bits per heavy atom. The van der Waals surface area contributed by atoms with Crippen molar-refractivity contribution in [1.82, 2.24) is 8.27 Å². The molecule has 0 aliphatic rings. The minimum atomic E-state index is -1.07. The molecule has 9 heteroatoms. The van der Waals surface area contributed by atoms with Crippen molar-refractivity contribution in [2.75, 3.05) is 0 Å². The van der Waals surface area contributed by atoms with E-state index in [0.717, 1.165) is 6.20 Å². The summed E-state index contributed by atoms with van der Waals surface area (Å²) in [6, 6.07) is 0. The van der Waals surface area contributed by atoms with Gasteiger partial charge in [-0.2, -0.15) is 3.59 Å². The van der Waals surface area contributed by atoms with Crippen molar-refractivity contribution in [2.24, 2.45) is 0 Å². The lowest BCUT2D eigenvalue weighted by Gasteiger charge is -1.96. The maximum atomic E-state index is 11.0. The summed E-state index contributed by atoms with van der Waals surface area (Å²) in [5.74, 6) is 0. The second kappa shape index (κ2) is 3.42. The summed E-state index contributed by atoms with van der Waals surface area (Å²) in [6.07, 6.45) is 0.794. The van der Waals surface area contributed by atoms with Crippen LogP contribution in [0.1, 0.15) is 0 Å². The van der Waals surface area contributed by atoms with Crippen LogP contribution < -0.4 is 11.2 Å². The van der Waals surface area contributed by atoms with Gasteiger partial charge in [0.1, 0.15) is 10.7 Å². The zero-order chi connectivity index (χ0) is 10.2. The number of nitro groups is 1. The van der Waals surface area contributed by atoms with Crippen LogP contribution in [0.4, 0.5) is 0 Å². The first-order valence-electron chi connectivity index (χ1n) is 2.80. The average Bonchev–Trinajstić information content (AvgIpc) is 2.07. The molecule has 0 amide bonds. The molecular formula is C4HBr2N3O4. The molecule has 0 atom stereocenters. The standard InChI is InChI=1S/C4HBr2N3O4/c5-2-1-7(9(12)13)4(11)8(6)3(2)10/h1H. The van der Waals surface area contributed by atoms with Crippen LogP contribution >= 0.6 is 32.1 Å². The number of rotatable bonds is 1. The Hall–Kier alpha value is -0.960. The maximum absolute atomic E-state index is 11.0. The predicted molar refractivity (Wildman–Crippen MR) is 49.4 cm³/mol. The van der Waals surface area contributed by atoms with Crippen LogP contribution in [0, 0.1) is 10.1 Å². The van der Waals surface area contributed by atoms with E-state index < -0.39 is 16.3 Å². The van der Waals surface area contributed by atoms with Crippen LogP contribution in [-0.4, -0.2) is 13.3 Å². The fourth-order valence-electron chi connectivity index (χ4n) is 0.605. The zero-order valence-corrected chi connectivity index (χ0v) is 8.98. The molecule has 0 N–H and O–H groups in total. The van der Waals surface area contributed by atoms with E-state index in [1.54, 1.807) is 0 Å². The highest BCUT2D eigenvalue weighted by Gasteiger charge is 2.13. The van der Waals surface area contributed by atoms with Gasteiger partial charge in [-0.05, 0) is 20.6 Å². The lowest BCUT2D eigenvalue weighted by atomic mass is 10.7. The van der Waals surface area contributed by atoms with Gasteiger partial charge in [-0.3, -0.25) is 4.79 Å². The van der Waals surface area contributed by atoms with Crippen LogP contribution in [-0.2, 0) is 0 Å². The molecule has 0 saturated heterocycles. The molecular weight excluding hydrogens is 314 g/mol. The maximum Gasteiger partial charge on any atom is 0.400 e. The van der Waals surface area contributed by atoms with Crippen molar-refractivity contribution < 1.29 is 5.03 Å². The molecule has 0 spiro atoms. The molecule has 0 aliphatic carbocycles. The SMILES string of the molecule is O=c1c(Br)cn([N+](=O)[O-])c(=O)n1Br. The van der Waals surface area contributed by atoms with Gasteiger partial charge in [0.25, 0.3) is 5.56 Å². The highest BCUT2D eigenvalue weighted by Crippen LogP contribution is 1.99. The molecule has 1 aromatic heterocycles. The molecule has 13 heavy (non-hydrogen) atoms. The van der Waals surface area contributed by atoms with Crippen molar-refractivity contribution in [3.05, 3.63) is 41.6 Å². The van der Waals surface area contributed by atoms with Crippen LogP contribution in [0.2, 0.25) is 0 Å². The summed E-state index contributed by atoms with van der Waals surface area (Å²) in [6.45, 7) is 0. The fourth-order valence-corrected chi connectivity index (χ4v) is 1.57. The second-order valence-electron chi connectivity index (χ2n) is 1.93. The third-order valence-corrected chi connectivity index (χ3v) is 2.33. The van der Waals surface area contributed by atoms with E-state index in [2.05, 4.69) is 32.1 Å². The summed E-state index contributed by atoms with van der Waals surface area (Å²) >= 11 is 5.36. The number of hydrogen-bond donors (Lipinski definition) is 0. The largest absolute Gasteiger partial charge is 0.400 e. The van der Waals surface area contributed by atoms with Gasteiger partial charge in [-0.15, -0.1) is 0 Å². The molecule has 0 radical (unpaired) electrons. The molecule has 1 aromatic rings. The quantitative estimate of drug-likeness (QED) is 0.538. The third-order valence-electron chi connectivity index (χ3n) is 1.16. The van der Waals surface area contributed by atoms with Crippen molar-refractivity contribution in [3.63, 3.8) is 0 Å². The fraction of sp³-hybridized carbons (Fsp3) is 0. The molecule has 1 rings (SSSR count). The lowest BCUT2D eigenvalue weighted by Crippen LogP contribution is -2.37. The molecule has 0 aliphatic heterocycles. The van der Waals surface area contributed by atoms with Crippen molar-refractivity contribution in [2.45, 2.75) is 0 Å². The summed E-state index contributed by atoms with van der Waals surface area (Å²) in [4.78, 5) is 32.2. The van der Waals surface area contributed by atoms with Gasteiger partial charge in [0.2, 0.25) is 0 Å². The average molecular weight is 315 g/mol. The van der Waals surface area contributed by atoms with E-state index in [1.807, 2.05) is 0 Å². The molecule has 0 fully saturated rings. The van der Waals surface area contributed by atoms with E-state index in [-0.39, 0.29) is 9.15 Å². The van der Waals surface area contributed by atoms with Gasteiger partial charge in [0, 0.05) is 0 Å². The van der Waals surface area contributed by atoms with E-state index >= 15 is 0 Å². The first kappa shape index (κ1) is 10.1. The van der Waals surface area contributed by atoms with Gasteiger partial charge in [-0.25, -0.2) is 14.9 Å². The molecule has 0 aromatic carbocycles. The van der Waals surface area contributed by atoms with E-state index in [1.165, 1.54) is 0 Å². The minimum Gasteiger partial charge on any atom is -0.267 e. The summed E-state index contributed by atoms with van der Waals surface area (Å²) < 4.78 is 0.556. The van der Waals surface area contributed by atoms with Crippen molar-refractivity contribution in [3.8, 4) is 0 Å². The Balaban J connectivity index is 3.70. The Kier molecular flexibility index (Phi) is 2.66. The van der Waals surface area contributed by atoms with Gasteiger partial charge in [0.15, 0.2) is 5.03 Å². The summed E-state index contributed by atoms with van der Waals surface area (Å²) in [5.41, 5.74) is -1.76. The van der Waals surface area contributed by atoms with Gasteiger partial charge in [-0.1, -0.05) is 0 Å². The number of halogens is 2. The van der Waals surface area contributed by atoms with Crippen LogP contribution in [0.15, 0.2) is 20.3 Å². The number of aromatic nitrogens is 2. The Morgan fingerprint density at radius 1 is 1.46 bits per heavy atom. The summed E-state index contributed by atoms with van der Waals surface area (Å²) in [7, 11) is 0. The van der Waals surface area contributed by atoms with E-state index in [4.69, 9.17) is 0 Å². The van der Waals surface area contributed by atoms with Gasteiger partial charge < -0.3 is 0 Å². The Labute approximate surface area is 87.2 Å². The monoisotopic (exact) mass is 313 g/mol. The minimum absolute atomic E-state index is 0.0827. The van der Waals surface area contributed by atoms with Crippen molar-refractivity contribution in [1.29, 1.82) is 0 Å². The van der Waals surface area contributed by atoms with Gasteiger partial charge in [0.05, 0.1) is 16.1 Å². The number of nitrogens with zero attached hydrogens (tertiary/aromatic N) is 3. The molecule has 7 nitrogen and oxygen atoms in total. The third kappa shape index (κ3) is 1.70. The smallest absolute Gasteiger partial charge is 0.267 e. The Morgan fingerprint density at radius 3 is 2.46 bits per heavy atom. The zero-order valence-electron chi connectivity index (χ0n) is 5.81. The molecule has 0 unspecified atom stereocenters.